The van der Waals surface area contributed by atoms with E-state index in [9.17, 15) is 9.59 Å². The number of hydrogen-bond acceptors (Lipinski definition) is 4. The molecule has 0 spiro atoms. The Kier molecular flexibility index (Phi) is 4.52. The Balaban J connectivity index is 1.74. The first-order valence-corrected chi connectivity index (χ1v) is 7.42. The van der Waals surface area contributed by atoms with Crippen molar-refractivity contribution in [1.82, 2.24) is 0 Å². The Morgan fingerprint density at radius 1 is 1.09 bits per heavy atom. The molecule has 0 saturated heterocycles. The fourth-order valence-electron chi connectivity index (χ4n) is 2.42. The highest BCUT2D eigenvalue weighted by Crippen LogP contribution is 2.27. The molecule has 0 N–H and O–H groups in total. The van der Waals surface area contributed by atoms with Crippen molar-refractivity contribution in [3.8, 4) is 0 Å². The minimum Gasteiger partial charge on any atom is -0.461 e. The topological polar surface area (TPSA) is 56.5 Å². The van der Waals surface area contributed by atoms with Gasteiger partial charge < -0.3 is 13.9 Å². The first-order valence-electron chi connectivity index (χ1n) is 7.42. The van der Waals surface area contributed by atoms with E-state index in [1.165, 1.54) is 0 Å². The molecule has 116 valence electrons. The third-order valence-electron chi connectivity index (χ3n) is 3.65. The number of esters is 1. The SMILES string of the molecule is O=CC[C@@H](COC(=O)c1ccccc1)c1cc2ccccc2o1. The van der Waals surface area contributed by atoms with E-state index in [-0.39, 0.29) is 18.9 Å². The standard InChI is InChI=1S/C19H16O4/c20-11-10-16(13-22-19(21)14-6-2-1-3-7-14)18-12-15-8-4-5-9-17(15)23-18/h1-9,11-12,16H,10,13H2/t16-/m0/s1. The molecule has 0 saturated carbocycles. The summed E-state index contributed by atoms with van der Waals surface area (Å²) in [5.74, 6) is -0.0377. The van der Waals surface area contributed by atoms with Crippen LogP contribution in [0.5, 0.6) is 0 Å². The molecular weight excluding hydrogens is 292 g/mol. The van der Waals surface area contributed by atoms with Crippen LogP contribution >= 0.6 is 0 Å². The van der Waals surface area contributed by atoms with Gasteiger partial charge in [-0.25, -0.2) is 4.79 Å². The molecule has 0 radical (unpaired) electrons. The second-order valence-electron chi connectivity index (χ2n) is 5.25. The third-order valence-corrected chi connectivity index (χ3v) is 3.65. The number of ether oxygens (including phenoxy) is 1. The van der Waals surface area contributed by atoms with Crippen molar-refractivity contribution in [1.29, 1.82) is 0 Å². The maximum Gasteiger partial charge on any atom is 0.338 e. The van der Waals surface area contributed by atoms with Crippen LogP contribution in [0.25, 0.3) is 11.0 Å². The summed E-state index contributed by atoms with van der Waals surface area (Å²) in [6, 6.07) is 18.3. The molecule has 0 bridgehead atoms. The molecule has 4 nitrogen and oxygen atoms in total. The highest BCUT2D eigenvalue weighted by Gasteiger charge is 2.19. The molecule has 0 aliphatic rings. The molecule has 1 aromatic heterocycles. The Morgan fingerprint density at radius 2 is 1.83 bits per heavy atom. The molecule has 0 aliphatic carbocycles. The van der Waals surface area contributed by atoms with Gasteiger partial charge in [-0.05, 0) is 24.3 Å². The average Bonchev–Trinajstić information content (AvgIpc) is 3.03. The van der Waals surface area contributed by atoms with E-state index >= 15 is 0 Å². The van der Waals surface area contributed by atoms with Crippen LogP contribution in [-0.4, -0.2) is 18.9 Å². The molecule has 3 rings (SSSR count). The van der Waals surface area contributed by atoms with Gasteiger partial charge in [-0.15, -0.1) is 0 Å². The van der Waals surface area contributed by atoms with Gasteiger partial charge in [0.05, 0.1) is 11.5 Å². The van der Waals surface area contributed by atoms with Crippen LogP contribution < -0.4 is 0 Å². The lowest BCUT2D eigenvalue weighted by atomic mass is 10.0. The molecule has 4 heteroatoms. The summed E-state index contributed by atoms with van der Waals surface area (Å²) in [6.45, 7) is 0.103. The average molecular weight is 308 g/mol. The van der Waals surface area contributed by atoms with Crippen molar-refractivity contribution in [3.63, 3.8) is 0 Å². The molecule has 1 atom stereocenters. The van der Waals surface area contributed by atoms with Gasteiger partial charge in [0.1, 0.15) is 24.2 Å². The number of hydrogen-bond donors (Lipinski definition) is 0. The second kappa shape index (κ2) is 6.92. The number of carbonyl (C=O) groups excluding carboxylic acids is 2. The van der Waals surface area contributed by atoms with Gasteiger partial charge >= 0.3 is 5.97 Å². The van der Waals surface area contributed by atoms with Crippen LogP contribution in [0.2, 0.25) is 0 Å². The van der Waals surface area contributed by atoms with Crippen LogP contribution in [-0.2, 0) is 9.53 Å². The van der Waals surface area contributed by atoms with Gasteiger partial charge in [0.2, 0.25) is 0 Å². The molecule has 0 amide bonds. The molecule has 1 heterocycles. The molecule has 3 aromatic rings. The highest BCUT2D eigenvalue weighted by atomic mass is 16.5. The quantitative estimate of drug-likeness (QED) is 0.511. The fourth-order valence-corrected chi connectivity index (χ4v) is 2.42. The highest BCUT2D eigenvalue weighted by molar-refractivity contribution is 5.89. The summed E-state index contributed by atoms with van der Waals surface area (Å²) in [4.78, 5) is 23.0. The number of fused-ring (bicyclic) bond motifs is 1. The van der Waals surface area contributed by atoms with E-state index in [1.807, 2.05) is 36.4 Å². The van der Waals surface area contributed by atoms with Gasteiger partial charge in [0.15, 0.2) is 0 Å². The summed E-state index contributed by atoms with van der Waals surface area (Å²) >= 11 is 0. The fraction of sp³-hybridized carbons (Fsp3) is 0.158. The van der Waals surface area contributed by atoms with Crippen molar-refractivity contribution >= 4 is 23.2 Å². The largest absolute Gasteiger partial charge is 0.461 e. The Hall–Kier alpha value is -2.88. The van der Waals surface area contributed by atoms with Crippen LogP contribution in [0.15, 0.2) is 65.1 Å². The first-order chi connectivity index (χ1) is 11.3. The molecule has 2 aromatic carbocycles. The lowest BCUT2D eigenvalue weighted by Crippen LogP contribution is -2.13. The summed E-state index contributed by atoms with van der Waals surface area (Å²) in [7, 11) is 0. The number of carbonyl (C=O) groups is 2. The number of rotatable bonds is 6. The zero-order valence-electron chi connectivity index (χ0n) is 12.5. The summed E-state index contributed by atoms with van der Waals surface area (Å²) in [5, 5.41) is 0.966. The van der Waals surface area contributed by atoms with E-state index in [4.69, 9.17) is 9.15 Å². The van der Waals surface area contributed by atoms with E-state index in [1.54, 1.807) is 24.3 Å². The number of para-hydroxylation sites is 1. The molecule has 0 aliphatic heterocycles. The predicted molar refractivity (Wildman–Crippen MR) is 86.4 cm³/mol. The van der Waals surface area contributed by atoms with Crippen LogP contribution in [0, 0.1) is 0 Å². The zero-order valence-corrected chi connectivity index (χ0v) is 12.5. The van der Waals surface area contributed by atoms with Crippen molar-refractivity contribution < 1.29 is 18.7 Å². The van der Waals surface area contributed by atoms with Crippen molar-refractivity contribution in [3.05, 3.63) is 72.0 Å². The summed E-state index contributed by atoms with van der Waals surface area (Å²) in [6.07, 6.45) is 1.05. The number of benzene rings is 2. The van der Waals surface area contributed by atoms with Gasteiger partial charge in [0, 0.05) is 11.8 Å². The lowest BCUT2D eigenvalue weighted by Gasteiger charge is -2.12. The predicted octanol–water partition coefficient (Wildman–Crippen LogP) is 3.96. The maximum absolute atomic E-state index is 12.0. The Labute approximate surface area is 133 Å². The van der Waals surface area contributed by atoms with Crippen molar-refractivity contribution in [2.45, 2.75) is 12.3 Å². The number of aldehydes is 1. The molecule has 0 unspecified atom stereocenters. The van der Waals surface area contributed by atoms with Gasteiger partial charge in [0.25, 0.3) is 0 Å². The molecule has 23 heavy (non-hydrogen) atoms. The van der Waals surface area contributed by atoms with Crippen LogP contribution in [0.1, 0.15) is 28.5 Å². The normalized spacial score (nSPS) is 12.0. The van der Waals surface area contributed by atoms with E-state index in [0.717, 1.165) is 17.3 Å². The Bertz CT molecular complexity index is 771. The Morgan fingerprint density at radius 3 is 2.57 bits per heavy atom. The van der Waals surface area contributed by atoms with Crippen molar-refractivity contribution in [2.24, 2.45) is 0 Å². The van der Waals surface area contributed by atoms with Gasteiger partial charge in [-0.3, -0.25) is 0 Å². The molecular formula is C19H16O4. The summed E-state index contributed by atoms with van der Waals surface area (Å²) in [5.41, 5.74) is 1.25. The third kappa shape index (κ3) is 3.48. The molecule has 0 fully saturated rings. The second-order valence-corrected chi connectivity index (χ2v) is 5.25. The van der Waals surface area contributed by atoms with Crippen LogP contribution in [0.4, 0.5) is 0 Å². The smallest absolute Gasteiger partial charge is 0.338 e. The summed E-state index contributed by atoms with van der Waals surface area (Å²) < 4.78 is 11.1. The van der Waals surface area contributed by atoms with Crippen molar-refractivity contribution in [2.75, 3.05) is 6.61 Å². The number of furan rings is 1. The van der Waals surface area contributed by atoms with Crippen LogP contribution in [0.3, 0.4) is 0 Å². The minimum atomic E-state index is -0.405. The van der Waals surface area contributed by atoms with E-state index in [0.29, 0.717) is 11.3 Å². The van der Waals surface area contributed by atoms with E-state index in [2.05, 4.69) is 0 Å². The minimum absolute atomic E-state index is 0.103. The van der Waals surface area contributed by atoms with Gasteiger partial charge in [-0.2, -0.15) is 0 Å². The monoisotopic (exact) mass is 308 g/mol. The van der Waals surface area contributed by atoms with E-state index < -0.39 is 5.97 Å². The lowest BCUT2D eigenvalue weighted by molar-refractivity contribution is -0.108. The first kappa shape index (κ1) is 15.0. The zero-order chi connectivity index (χ0) is 16.1. The van der Waals surface area contributed by atoms with Gasteiger partial charge in [-0.1, -0.05) is 36.4 Å². The maximum atomic E-state index is 12.0.